The Bertz CT molecular complexity index is 365. The second-order valence-electron chi connectivity index (χ2n) is 4.64. The predicted octanol–water partition coefficient (Wildman–Crippen LogP) is 3.89. The zero-order valence-corrected chi connectivity index (χ0v) is 11.3. The van der Waals surface area contributed by atoms with Crippen LogP contribution >= 0.6 is 0 Å². The maximum atomic E-state index is 11.8. The van der Waals surface area contributed by atoms with Gasteiger partial charge in [0.05, 0.1) is 12.2 Å². The average Bonchev–Trinajstić information content (AvgIpc) is 2.39. The van der Waals surface area contributed by atoms with E-state index in [9.17, 15) is 4.79 Å². The van der Waals surface area contributed by atoms with Crippen LogP contribution in [-0.2, 0) is 4.74 Å². The fourth-order valence-corrected chi connectivity index (χ4v) is 1.79. The lowest BCUT2D eigenvalue weighted by Gasteiger charge is -2.14. The summed E-state index contributed by atoms with van der Waals surface area (Å²) >= 11 is 0. The first-order valence-corrected chi connectivity index (χ1v) is 6.70. The molecule has 0 aliphatic rings. The molecular weight excluding hydrogens is 226 g/mol. The van der Waals surface area contributed by atoms with Crippen LogP contribution in [0, 0.1) is 5.92 Å². The normalized spacial score (nSPS) is 12.1. The van der Waals surface area contributed by atoms with Gasteiger partial charge in [-0.25, -0.2) is 4.79 Å². The number of esters is 1. The van der Waals surface area contributed by atoms with E-state index in [0.29, 0.717) is 23.8 Å². The van der Waals surface area contributed by atoms with Crippen molar-refractivity contribution in [3.8, 4) is 0 Å². The number of unbranched alkanes of at least 4 members (excludes halogenated alkanes) is 1. The molecule has 0 spiro atoms. The molecule has 1 unspecified atom stereocenters. The number of benzene rings is 1. The third-order valence-electron chi connectivity index (χ3n) is 3.14. The molecule has 102 valence electrons. The zero-order valence-electron chi connectivity index (χ0n) is 11.3. The standard InChI is InChI=1S/C15H23NO2.H2/c1-3-5-6-12(4-2)11-18-15(17)13-7-9-14(16)10-8-13;/h7-10,12H,3-6,11,16H2,1-2H3;1H. The molecule has 2 N–H and O–H groups in total. The molecule has 0 aliphatic carbocycles. The second kappa shape index (κ2) is 7.75. The van der Waals surface area contributed by atoms with Crippen molar-refractivity contribution in [1.29, 1.82) is 0 Å². The molecule has 3 nitrogen and oxygen atoms in total. The van der Waals surface area contributed by atoms with E-state index < -0.39 is 0 Å². The lowest BCUT2D eigenvalue weighted by Crippen LogP contribution is -2.14. The molecule has 0 saturated heterocycles. The third kappa shape index (κ3) is 4.78. The minimum Gasteiger partial charge on any atom is -0.462 e. The van der Waals surface area contributed by atoms with E-state index in [1.165, 1.54) is 12.8 Å². The summed E-state index contributed by atoms with van der Waals surface area (Å²) in [6.07, 6.45) is 4.55. The Morgan fingerprint density at radius 1 is 1.33 bits per heavy atom. The van der Waals surface area contributed by atoms with Crippen LogP contribution in [0.5, 0.6) is 0 Å². The molecular formula is C15H25NO2. The SMILES string of the molecule is CCCCC(CC)COC(=O)c1ccc(N)cc1.[HH]. The molecule has 1 rings (SSSR count). The van der Waals surface area contributed by atoms with E-state index in [2.05, 4.69) is 13.8 Å². The van der Waals surface area contributed by atoms with Crippen molar-refractivity contribution in [2.45, 2.75) is 39.5 Å². The number of nitrogen functional groups attached to an aromatic ring is 1. The van der Waals surface area contributed by atoms with Gasteiger partial charge < -0.3 is 10.5 Å². The number of hydrogen-bond donors (Lipinski definition) is 1. The van der Waals surface area contributed by atoms with Crippen molar-refractivity contribution in [2.75, 3.05) is 12.3 Å². The molecule has 0 fully saturated rings. The molecule has 1 aromatic rings. The highest BCUT2D eigenvalue weighted by molar-refractivity contribution is 5.89. The summed E-state index contributed by atoms with van der Waals surface area (Å²) in [6, 6.07) is 6.82. The summed E-state index contributed by atoms with van der Waals surface area (Å²) in [5, 5.41) is 0. The second-order valence-corrected chi connectivity index (χ2v) is 4.64. The smallest absolute Gasteiger partial charge is 0.338 e. The third-order valence-corrected chi connectivity index (χ3v) is 3.14. The zero-order chi connectivity index (χ0) is 13.4. The van der Waals surface area contributed by atoms with E-state index in [1.54, 1.807) is 24.3 Å². The Labute approximate surface area is 111 Å². The fourth-order valence-electron chi connectivity index (χ4n) is 1.79. The molecule has 3 heteroatoms. The molecule has 18 heavy (non-hydrogen) atoms. The van der Waals surface area contributed by atoms with Crippen molar-refractivity contribution in [2.24, 2.45) is 5.92 Å². The minimum atomic E-state index is -0.259. The van der Waals surface area contributed by atoms with Gasteiger partial charge in [-0.2, -0.15) is 0 Å². The summed E-state index contributed by atoms with van der Waals surface area (Å²) in [5.74, 6) is 0.215. The molecule has 0 bridgehead atoms. The van der Waals surface area contributed by atoms with Gasteiger partial charge in [0, 0.05) is 7.11 Å². The van der Waals surface area contributed by atoms with Crippen LogP contribution in [0.1, 0.15) is 51.3 Å². The van der Waals surface area contributed by atoms with Crippen LogP contribution in [0.15, 0.2) is 24.3 Å². The monoisotopic (exact) mass is 251 g/mol. The molecule has 0 saturated carbocycles. The molecule has 1 atom stereocenters. The van der Waals surface area contributed by atoms with Crippen LogP contribution in [0.3, 0.4) is 0 Å². The van der Waals surface area contributed by atoms with Crippen LogP contribution in [0.2, 0.25) is 0 Å². The van der Waals surface area contributed by atoms with Gasteiger partial charge >= 0.3 is 5.97 Å². The number of ether oxygens (including phenoxy) is 1. The van der Waals surface area contributed by atoms with E-state index in [0.717, 1.165) is 12.8 Å². The summed E-state index contributed by atoms with van der Waals surface area (Å²) in [6.45, 7) is 4.82. The van der Waals surface area contributed by atoms with Gasteiger partial charge in [0.15, 0.2) is 0 Å². The van der Waals surface area contributed by atoms with Gasteiger partial charge in [-0.05, 0) is 36.6 Å². The summed E-state index contributed by atoms with van der Waals surface area (Å²) in [5.41, 5.74) is 6.79. The van der Waals surface area contributed by atoms with Crippen molar-refractivity contribution < 1.29 is 11.0 Å². The van der Waals surface area contributed by atoms with Gasteiger partial charge in [0.1, 0.15) is 0 Å². The predicted molar refractivity (Wildman–Crippen MR) is 76.6 cm³/mol. The van der Waals surface area contributed by atoms with E-state index >= 15 is 0 Å². The van der Waals surface area contributed by atoms with Gasteiger partial charge in [-0.15, -0.1) is 0 Å². The summed E-state index contributed by atoms with van der Waals surface area (Å²) < 4.78 is 5.34. The minimum absolute atomic E-state index is 0. The van der Waals surface area contributed by atoms with Crippen molar-refractivity contribution >= 4 is 11.7 Å². The number of anilines is 1. The Balaban J connectivity index is 0.00000324. The van der Waals surface area contributed by atoms with Crippen LogP contribution in [-0.4, -0.2) is 12.6 Å². The molecule has 0 heterocycles. The Hall–Kier alpha value is -1.51. The van der Waals surface area contributed by atoms with Gasteiger partial charge in [-0.1, -0.05) is 33.1 Å². The van der Waals surface area contributed by atoms with E-state index in [4.69, 9.17) is 10.5 Å². The van der Waals surface area contributed by atoms with E-state index in [-0.39, 0.29) is 7.40 Å². The fraction of sp³-hybridized carbons (Fsp3) is 0.533. The molecule has 0 radical (unpaired) electrons. The van der Waals surface area contributed by atoms with Crippen LogP contribution < -0.4 is 5.73 Å². The number of nitrogens with two attached hydrogens (primary N) is 1. The highest BCUT2D eigenvalue weighted by Crippen LogP contribution is 2.14. The molecule has 0 amide bonds. The van der Waals surface area contributed by atoms with Crippen molar-refractivity contribution in [3.05, 3.63) is 29.8 Å². The largest absolute Gasteiger partial charge is 0.462 e. The first-order valence-electron chi connectivity index (χ1n) is 6.70. The van der Waals surface area contributed by atoms with Crippen LogP contribution in [0.25, 0.3) is 0 Å². The molecule has 0 aliphatic heterocycles. The number of carbonyl (C=O) groups is 1. The first-order chi connectivity index (χ1) is 8.67. The average molecular weight is 251 g/mol. The lowest BCUT2D eigenvalue weighted by atomic mass is 10.0. The van der Waals surface area contributed by atoms with Gasteiger partial charge in [0.25, 0.3) is 0 Å². The van der Waals surface area contributed by atoms with E-state index in [1.807, 2.05) is 0 Å². The molecule has 1 aromatic carbocycles. The number of rotatable bonds is 7. The highest BCUT2D eigenvalue weighted by atomic mass is 16.5. The van der Waals surface area contributed by atoms with Gasteiger partial charge in [-0.3, -0.25) is 0 Å². The quantitative estimate of drug-likeness (QED) is 0.591. The Morgan fingerprint density at radius 3 is 2.56 bits per heavy atom. The number of carbonyl (C=O) groups excluding carboxylic acids is 1. The maximum absolute atomic E-state index is 11.8. The van der Waals surface area contributed by atoms with Crippen molar-refractivity contribution in [3.63, 3.8) is 0 Å². The topological polar surface area (TPSA) is 52.3 Å². The lowest BCUT2D eigenvalue weighted by molar-refractivity contribution is 0.0428. The van der Waals surface area contributed by atoms with Gasteiger partial charge in [0.2, 0.25) is 0 Å². The van der Waals surface area contributed by atoms with Crippen molar-refractivity contribution in [1.82, 2.24) is 0 Å². The van der Waals surface area contributed by atoms with Crippen LogP contribution in [0.4, 0.5) is 5.69 Å². The summed E-state index contributed by atoms with van der Waals surface area (Å²) in [4.78, 5) is 11.8. The Morgan fingerprint density at radius 2 is 2.00 bits per heavy atom. The summed E-state index contributed by atoms with van der Waals surface area (Å²) in [7, 11) is 0. The number of hydrogen-bond acceptors (Lipinski definition) is 3. The maximum Gasteiger partial charge on any atom is 0.338 e. The highest BCUT2D eigenvalue weighted by Gasteiger charge is 2.11. The molecule has 0 aromatic heterocycles. The Kier molecular flexibility index (Phi) is 6.26. The first kappa shape index (κ1) is 14.6.